The van der Waals surface area contributed by atoms with Crippen LogP contribution >= 0.6 is 0 Å². The molecule has 2 aromatic rings. The molecule has 130 valence electrons. The van der Waals surface area contributed by atoms with E-state index in [1.165, 1.54) is 12.1 Å². The molecule has 0 saturated carbocycles. The second-order valence-corrected chi connectivity index (χ2v) is 7.64. The molecule has 0 aromatic heterocycles. The van der Waals surface area contributed by atoms with Gasteiger partial charge in [0.2, 0.25) is 5.91 Å². The first-order chi connectivity index (χ1) is 11.8. The van der Waals surface area contributed by atoms with Crippen LogP contribution in [-0.4, -0.2) is 31.2 Å². The molecule has 1 aliphatic heterocycles. The van der Waals surface area contributed by atoms with Gasteiger partial charge in [-0.3, -0.25) is 4.79 Å². The van der Waals surface area contributed by atoms with Gasteiger partial charge in [-0.25, -0.2) is 17.5 Å². The first kappa shape index (κ1) is 17.0. The quantitative estimate of drug-likeness (QED) is 0.880. The first-order valence-corrected chi connectivity index (χ1v) is 9.03. The Labute approximate surface area is 145 Å². The number of nitrogens with one attached hydrogen (secondary N) is 2. The molecular formula is C17H17N3O4S. The van der Waals surface area contributed by atoms with Crippen molar-refractivity contribution in [1.82, 2.24) is 4.31 Å². The van der Waals surface area contributed by atoms with Gasteiger partial charge in [-0.2, -0.15) is 0 Å². The second kappa shape index (κ2) is 6.21. The van der Waals surface area contributed by atoms with Gasteiger partial charge in [0, 0.05) is 5.69 Å². The highest BCUT2D eigenvalue weighted by Gasteiger charge is 2.37. The SMILES string of the molecule is Cc1ccc(C)c(NC(=O)CN2C(=O)Nc3ccccc3S2(=O)=O)c1. The van der Waals surface area contributed by atoms with E-state index in [0.717, 1.165) is 11.1 Å². The topological polar surface area (TPSA) is 95.6 Å². The number of sulfonamides is 1. The molecule has 7 nitrogen and oxygen atoms in total. The zero-order valence-electron chi connectivity index (χ0n) is 13.7. The summed E-state index contributed by atoms with van der Waals surface area (Å²) < 4.78 is 25.8. The highest BCUT2D eigenvalue weighted by molar-refractivity contribution is 7.90. The number of amides is 3. The number of hydrogen-bond donors (Lipinski definition) is 2. The van der Waals surface area contributed by atoms with Crippen molar-refractivity contribution in [2.45, 2.75) is 18.7 Å². The van der Waals surface area contributed by atoms with Crippen molar-refractivity contribution in [3.63, 3.8) is 0 Å². The lowest BCUT2D eigenvalue weighted by atomic mass is 10.1. The smallest absolute Gasteiger partial charge is 0.324 e. The molecule has 25 heavy (non-hydrogen) atoms. The van der Waals surface area contributed by atoms with E-state index in [2.05, 4.69) is 10.6 Å². The van der Waals surface area contributed by atoms with Crippen LogP contribution in [0, 0.1) is 13.8 Å². The fourth-order valence-corrected chi connectivity index (χ4v) is 3.98. The Bertz CT molecular complexity index is 970. The van der Waals surface area contributed by atoms with Gasteiger partial charge in [-0.05, 0) is 43.2 Å². The molecule has 2 N–H and O–H groups in total. The van der Waals surface area contributed by atoms with Crippen LogP contribution < -0.4 is 10.6 Å². The number of hydrogen-bond acceptors (Lipinski definition) is 4. The maximum Gasteiger partial charge on any atom is 0.336 e. The van der Waals surface area contributed by atoms with Crippen molar-refractivity contribution in [1.29, 1.82) is 0 Å². The monoisotopic (exact) mass is 359 g/mol. The van der Waals surface area contributed by atoms with Gasteiger partial charge in [0.25, 0.3) is 10.0 Å². The fraction of sp³-hybridized carbons (Fsp3) is 0.176. The predicted molar refractivity (Wildman–Crippen MR) is 93.9 cm³/mol. The average molecular weight is 359 g/mol. The summed E-state index contributed by atoms with van der Waals surface area (Å²) in [6, 6.07) is 10.8. The highest BCUT2D eigenvalue weighted by Crippen LogP contribution is 2.29. The summed E-state index contributed by atoms with van der Waals surface area (Å²) in [6.07, 6.45) is 0. The van der Waals surface area contributed by atoms with Crippen molar-refractivity contribution in [3.05, 3.63) is 53.6 Å². The number of anilines is 2. The minimum atomic E-state index is -4.08. The molecular weight excluding hydrogens is 342 g/mol. The number of carbonyl (C=O) groups is 2. The number of benzene rings is 2. The number of urea groups is 1. The zero-order valence-corrected chi connectivity index (χ0v) is 14.6. The summed E-state index contributed by atoms with van der Waals surface area (Å²) in [5.41, 5.74) is 2.59. The predicted octanol–water partition coefficient (Wildman–Crippen LogP) is 2.48. The van der Waals surface area contributed by atoms with Crippen LogP contribution in [0.15, 0.2) is 47.4 Å². The van der Waals surface area contributed by atoms with Crippen LogP contribution in [-0.2, 0) is 14.8 Å². The van der Waals surface area contributed by atoms with E-state index in [1.807, 2.05) is 26.0 Å². The maximum atomic E-state index is 12.6. The zero-order chi connectivity index (χ0) is 18.2. The van der Waals surface area contributed by atoms with Crippen molar-refractivity contribution in [3.8, 4) is 0 Å². The molecule has 1 heterocycles. The van der Waals surface area contributed by atoms with Crippen molar-refractivity contribution < 1.29 is 18.0 Å². The number of carbonyl (C=O) groups excluding carboxylic acids is 2. The van der Waals surface area contributed by atoms with Gasteiger partial charge in [0.1, 0.15) is 11.4 Å². The number of para-hydroxylation sites is 1. The molecule has 8 heteroatoms. The third-order valence-electron chi connectivity index (χ3n) is 3.88. The number of fused-ring (bicyclic) bond motifs is 1. The van der Waals surface area contributed by atoms with E-state index in [-0.39, 0.29) is 10.6 Å². The summed E-state index contributed by atoms with van der Waals surface area (Å²) in [7, 11) is -4.08. The number of aryl methyl sites for hydroxylation is 2. The summed E-state index contributed by atoms with van der Waals surface area (Å²) in [6.45, 7) is 3.11. The molecule has 0 unspecified atom stereocenters. The minimum absolute atomic E-state index is 0.0332. The third kappa shape index (κ3) is 3.20. The third-order valence-corrected chi connectivity index (χ3v) is 5.66. The van der Waals surface area contributed by atoms with Gasteiger partial charge in [0.15, 0.2) is 0 Å². The van der Waals surface area contributed by atoms with E-state index < -0.39 is 28.5 Å². The maximum absolute atomic E-state index is 12.6. The molecule has 0 fully saturated rings. The summed E-state index contributed by atoms with van der Waals surface area (Å²) in [4.78, 5) is 24.4. The van der Waals surface area contributed by atoms with Crippen LogP contribution in [0.5, 0.6) is 0 Å². The van der Waals surface area contributed by atoms with E-state index in [0.29, 0.717) is 9.99 Å². The Kier molecular flexibility index (Phi) is 4.22. The van der Waals surface area contributed by atoms with Gasteiger partial charge in [0.05, 0.1) is 5.69 Å². The Balaban J connectivity index is 1.84. The normalized spacial score (nSPS) is 15.3. The van der Waals surface area contributed by atoms with E-state index in [1.54, 1.807) is 18.2 Å². The Morgan fingerprint density at radius 3 is 2.64 bits per heavy atom. The Morgan fingerprint density at radius 1 is 1.16 bits per heavy atom. The second-order valence-electron chi connectivity index (χ2n) is 5.80. The molecule has 3 amide bonds. The summed E-state index contributed by atoms with van der Waals surface area (Å²) in [5.74, 6) is -0.591. The number of rotatable bonds is 3. The molecule has 0 saturated heterocycles. The standard InChI is InChI=1S/C17H17N3O4S/c1-11-7-8-12(2)14(9-11)18-16(21)10-20-17(22)19-13-5-3-4-6-15(13)25(20,23)24/h3-9H,10H2,1-2H3,(H,18,21)(H,19,22). The summed E-state index contributed by atoms with van der Waals surface area (Å²) in [5, 5.41) is 5.14. The Hall–Kier alpha value is -2.87. The largest absolute Gasteiger partial charge is 0.336 e. The van der Waals surface area contributed by atoms with E-state index in [4.69, 9.17) is 0 Å². The average Bonchev–Trinajstić information content (AvgIpc) is 2.55. The molecule has 0 aliphatic carbocycles. The minimum Gasteiger partial charge on any atom is -0.324 e. The van der Waals surface area contributed by atoms with Gasteiger partial charge < -0.3 is 10.6 Å². The van der Waals surface area contributed by atoms with Gasteiger partial charge in [-0.15, -0.1) is 0 Å². The molecule has 2 aromatic carbocycles. The van der Waals surface area contributed by atoms with Crippen LogP contribution in [0.1, 0.15) is 11.1 Å². The highest BCUT2D eigenvalue weighted by atomic mass is 32.2. The van der Waals surface area contributed by atoms with E-state index >= 15 is 0 Å². The number of nitrogens with zero attached hydrogens (tertiary/aromatic N) is 1. The van der Waals surface area contributed by atoms with Crippen LogP contribution in [0.25, 0.3) is 0 Å². The molecule has 0 bridgehead atoms. The van der Waals surface area contributed by atoms with Crippen molar-refractivity contribution in [2.75, 3.05) is 17.2 Å². The molecule has 0 atom stereocenters. The lowest BCUT2D eigenvalue weighted by molar-refractivity contribution is -0.116. The van der Waals surface area contributed by atoms with Gasteiger partial charge in [-0.1, -0.05) is 24.3 Å². The molecule has 0 spiro atoms. The van der Waals surface area contributed by atoms with Crippen LogP contribution in [0.3, 0.4) is 0 Å². The lowest BCUT2D eigenvalue weighted by Crippen LogP contribution is -2.47. The van der Waals surface area contributed by atoms with E-state index in [9.17, 15) is 18.0 Å². The molecule has 1 aliphatic rings. The van der Waals surface area contributed by atoms with Crippen molar-refractivity contribution >= 4 is 33.3 Å². The van der Waals surface area contributed by atoms with Crippen molar-refractivity contribution in [2.24, 2.45) is 0 Å². The summed E-state index contributed by atoms with van der Waals surface area (Å²) >= 11 is 0. The van der Waals surface area contributed by atoms with Gasteiger partial charge >= 0.3 is 6.03 Å². The molecule has 3 rings (SSSR count). The lowest BCUT2D eigenvalue weighted by Gasteiger charge is -2.28. The Morgan fingerprint density at radius 2 is 1.88 bits per heavy atom. The van der Waals surface area contributed by atoms with Crippen LogP contribution in [0.2, 0.25) is 0 Å². The molecule has 0 radical (unpaired) electrons. The first-order valence-electron chi connectivity index (χ1n) is 7.59. The van der Waals surface area contributed by atoms with Crippen LogP contribution in [0.4, 0.5) is 16.2 Å². The fourth-order valence-electron chi connectivity index (χ4n) is 2.55.